The number of anilines is 4. The summed E-state index contributed by atoms with van der Waals surface area (Å²) in [6.45, 7) is 6.41. The largest absolute Gasteiger partial charge is 0.379 e. The lowest BCUT2D eigenvalue weighted by Crippen LogP contribution is -2.48. The number of ketones is 1. The average Bonchev–Trinajstić information content (AvgIpc) is 2.83. The smallest absolute Gasteiger partial charge is 0.219 e. The molecule has 2 heterocycles. The van der Waals surface area contributed by atoms with Crippen LogP contribution in [0.25, 0.3) is 0 Å². The predicted molar refractivity (Wildman–Crippen MR) is 130 cm³/mol. The first kappa shape index (κ1) is 23.2. The number of carbonyl (C=O) groups is 2. The summed E-state index contributed by atoms with van der Waals surface area (Å²) < 4.78 is 13.5. The molecule has 0 aliphatic carbocycles. The lowest BCUT2D eigenvalue weighted by atomic mass is 10.2. The summed E-state index contributed by atoms with van der Waals surface area (Å²) in [5, 5.41) is 14.6. The highest BCUT2D eigenvalue weighted by Crippen LogP contribution is 2.24. The Bertz CT molecular complexity index is 1180. The van der Waals surface area contributed by atoms with Crippen LogP contribution < -0.4 is 15.5 Å². The number of benzene rings is 2. The van der Waals surface area contributed by atoms with Gasteiger partial charge in [-0.15, -0.1) is 10.2 Å². The van der Waals surface area contributed by atoms with Crippen molar-refractivity contribution in [2.45, 2.75) is 20.4 Å². The van der Waals surface area contributed by atoms with E-state index in [9.17, 15) is 14.0 Å². The number of aromatic nitrogens is 2. The van der Waals surface area contributed by atoms with Crippen LogP contribution in [-0.2, 0) is 11.3 Å². The molecule has 34 heavy (non-hydrogen) atoms. The molecular formula is C25H27FN6O2. The van der Waals surface area contributed by atoms with Gasteiger partial charge in [-0.25, -0.2) is 4.39 Å². The van der Waals surface area contributed by atoms with Crippen LogP contribution in [0.2, 0.25) is 0 Å². The molecule has 0 saturated carbocycles. The van der Waals surface area contributed by atoms with E-state index in [0.717, 1.165) is 43.1 Å². The van der Waals surface area contributed by atoms with Crippen molar-refractivity contribution >= 4 is 34.6 Å². The first-order chi connectivity index (χ1) is 16.4. The van der Waals surface area contributed by atoms with Crippen molar-refractivity contribution < 1.29 is 14.0 Å². The highest BCUT2D eigenvalue weighted by atomic mass is 19.1. The molecule has 0 radical (unpaired) electrons. The Balaban J connectivity index is 1.43. The van der Waals surface area contributed by atoms with Crippen LogP contribution in [0.4, 0.5) is 27.3 Å². The normalized spacial score (nSPS) is 13.5. The first-order valence-electron chi connectivity index (χ1n) is 11.1. The molecule has 3 aromatic rings. The van der Waals surface area contributed by atoms with E-state index in [4.69, 9.17) is 0 Å². The van der Waals surface area contributed by atoms with E-state index in [-0.39, 0.29) is 23.2 Å². The Kier molecular flexibility index (Phi) is 7.01. The minimum absolute atomic E-state index is 0.112. The van der Waals surface area contributed by atoms with Crippen LogP contribution in [0.5, 0.6) is 0 Å². The van der Waals surface area contributed by atoms with Gasteiger partial charge >= 0.3 is 0 Å². The Morgan fingerprint density at radius 3 is 2.35 bits per heavy atom. The highest BCUT2D eigenvalue weighted by molar-refractivity contribution is 5.97. The zero-order valence-corrected chi connectivity index (χ0v) is 19.2. The molecule has 1 aliphatic heterocycles. The van der Waals surface area contributed by atoms with Crippen molar-refractivity contribution in [2.24, 2.45) is 0 Å². The first-order valence-corrected chi connectivity index (χ1v) is 11.1. The number of amides is 1. The molecule has 8 nitrogen and oxygen atoms in total. The van der Waals surface area contributed by atoms with Crippen molar-refractivity contribution in [2.75, 3.05) is 41.7 Å². The number of Topliss-reactive ketones (excluding diaryl/α,β-unsaturated/α-hetero) is 1. The molecule has 0 atom stereocenters. The minimum Gasteiger partial charge on any atom is -0.379 e. The van der Waals surface area contributed by atoms with Gasteiger partial charge in [-0.1, -0.05) is 12.1 Å². The van der Waals surface area contributed by atoms with Crippen LogP contribution in [0.15, 0.2) is 54.6 Å². The van der Waals surface area contributed by atoms with Crippen LogP contribution in [0, 0.1) is 5.82 Å². The fraction of sp³-hybridized carbons (Fsp3) is 0.280. The molecule has 2 aromatic carbocycles. The number of rotatable bonds is 7. The number of nitrogens with one attached hydrogen (secondary N) is 2. The second kappa shape index (κ2) is 10.3. The molecule has 1 amide bonds. The van der Waals surface area contributed by atoms with E-state index in [2.05, 4.69) is 25.7 Å². The molecule has 9 heteroatoms. The third kappa shape index (κ3) is 5.67. The van der Waals surface area contributed by atoms with Gasteiger partial charge in [0.05, 0.1) is 5.69 Å². The number of hydrogen-bond donors (Lipinski definition) is 2. The van der Waals surface area contributed by atoms with Gasteiger partial charge in [-0.3, -0.25) is 9.59 Å². The van der Waals surface area contributed by atoms with Gasteiger partial charge in [0.1, 0.15) is 5.82 Å². The second-order valence-electron chi connectivity index (χ2n) is 8.20. The average molecular weight is 463 g/mol. The molecule has 4 rings (SSSR count). The topological polar surface area (TPSA) is 90.5 Å². The Labute approximate surface area is 197 Å². The van der Waals surface area contributed by atoms with Crippen LogP contribution in [0.3, 0.4) is 0 Å². The molecular weight excluding hydrogens is 435 g/mol. The summed E-state index contributed by atoms with van der Waals surface area (Å²) in [5.74, 6) is 0.0657. The van der Waals surface area contributed by atoms with Crippen LogP contribution >= 0.6 is 0 Å². The number of nitrogens with zero attached hydrogens (tertiary/aromatic N) is 4. The summed E-state index contributed by atoms with van der Waals surface area (Å²) in [4.78, 5) is 27.6. The van der Waals surface area contributed by atoms with Crippen molar-refractivity contribution in [3.8, 4) is 0 Å². The van der Waals surface area contributed by atoms with Gasteiger partial charge in [0.2, 0.25) is 5.91 Å². The van der Waals surface area contributed by atoms with E-state index in [1.807, 2.05) is 29.2 Å². The molecule has 1 aromatic heterocycles. The summed E-state index contributed by atoms with van der Waals surface area (Å²) in [5.41, 5.74) is 3.41. The number of hydrogen-bond acceptors (Lipinski definition) is 7. The molecule has 2 N–H and O–H groups in total. The maximum atomic E-state index is 13.5. The van der Waals surface area contributed by atoms with Crippen molar-refractivity contribution in [1.29, 1.82) is 0 Å². The zero-order valence-electron chi connectivity index (χ0n) is 19.2. The van der Waals surface area contributed by atoms with Crippen LogP contribution in [-0.4, -0.2) is 53.0 Å². The van der Waals surface area contributed by atoms with Gasteiger partial charge in [0, 0.05) is 64.0 Å². The maximum absolute atomic E-state index is 13.5. The van der Waals surface area contributed by atoms with Gasteiger partial charge < -0.3 is 20.4 Å². The summed E-state index contributed by atoms with van der Waals surface area (Å²) in [6, 6.07) is 15.9. The van der Waals surface area contributed by atoms with Gasteiger partial charge in [0.15, 0.2) is 17.3 Å². The lowest BCUT2D eigenvalue weighted by Gasteiger charge is -2.35. The zero-order chi connectivity index (χ0) is 24.1. The third-order valence-electron chi connectivity index (χ3n) is 5.73. The SMILES string of the molecule is CC(=O)c1nnc(Nc2ccc(N3CCN(C(C)=O)CC3)cc2)cc1NCc1cccc(F)c1. The van der Waals surface area contributed by atoms with Crippen LogP contribution in [0.1, 0.15) is 29.9 Å². The molecule has 176 valence electrons. The monoisotopic (exact) mass is 462 g/mol. The second-order valence-corrected chi connectivity index (χ2v) is 8.20. The van der Waals surface area contributed by atoms with Crippen molar-refractivity contribution in [3.63, 3.8) is 0 Å². The van der Waals surface area contributed by atoms with Gasteiger partial charge in [-0.05, 0) is 42.0 Å². The summed E-state index contributed by atoms with van der Waals surface area (Å²) >= 11 is 0. The number of halogens is 1. The van der Waals surface area contributed by atoms with Gasteiger partial charge in [-0.2, -0.15) is 0 Å². The Morgan fingerprint density at radius 1 is 0.971 bits per heavy atom. The number of carbonyl (C=O) groups excluding carboxylic acids is 2. The lowest BCUT2D eigenvalue weighted by molar-refractivity contribution is -0.129. The predicted octanol–water partition coefficient (Wildman–Crippen LogP) is 3.84. The van der Waals surface area contributed by atoms with E-state index < -0.39 is 0 Å². The fourth-order valence-corrected chi connectivity index (χ4v) is 3.87. The molecule has 1 fully saturated rings. The number of piperazine rings is 1. The molecule has 1 aliphatic rings. The molecule has 0 bridgehead atoms. The van der Waals surface area contributed by atoms with E-state index in [1.165, 1.54) is 19.1 Å². The van der Waals surface area contributed by atoms with Crippen molar-refractivity contribution in [1.82, 2.24) is 15.1 Å². The Morgan fingerprint density at radius 2 is 1.71 bits per heavy atom. The standard InChI is InChI=1S/C25H27FN6O2/c1-17(33)25-23(27-16-19-4-3-5-20(26)14-19)15-24(29-30-25)28-21-6-8-22(9-7-21)32-12-10-31(11-13-32)18(2)34/h3-9,14-15H,10-13,16H2,1-2H3,(H2,27,28,29). The van der Waals surface area contributed by atoms with E-state index in [1.54, 1.807) is 25.1 Å². The van der Waals surface area contributed by atoms with E-state index >= 15 is 0 Å². The quantitative estimate of drug-likeness (QED) is 0.516. The maximum Gasteiger partial charge on any atom is 0.219 e. The third-order valence-corrected chi connectivity index (χ3v) is 5.73. The summed E-state index contributed by atoms with van der Waals surface area (Å²) in [7, 11) is 0. The molecule has 0 spiro atoms. The minimum atomic E-state index is -0.314. The Hall–Kier alpha value is -4.01. The van der Waals surface area contributed by atoms with Gasteiger partial charge in [0.25, 0.3) is 0 Å². The molecule has 1 saturated heterocycles. The van der Waals surface area contributed by atoms with E-state index in [0.29, 0.717) is 18.1 Å². The fourth-order valence-electron chi connectivity index (χ4n) is 3.87. The molecule has 0 unspecified atom stereocenters. The highest BCUT2D eigenvalue weighted by Gasteiger charge is 2.18. The van der Waals surface area contributed by atoms with Crippen molar-refractivity contribution in [3.05, 3.63) is 71.7 Å². The summed E-state index contributed by atoms with van der Waals surface area (Å²) in [6.07, 6.45) is 0.